The van der Waals surface area contributed by atoms with Gasteiger partial charge in [0.2, 0.25) is 0 Å². The molecule has 9 nitrogen and oxygen atoms in total. The van der Waals surface area contributed by atoms with Crippen LogP contribution in [0.4, 0.5) is 20.6 Å². The summed E-state index contributed by atoms with van der Waals surface area (Å²) in [6, 6.07) is 2.52. The van der Waals surface area contributed by atoms with Gasteiger partial charge in [-0.05, 0) is 5.53 Å². The molecule has 10 heteroatoms. The maximum absolute atomic E-state index is 14.7. The summed E-state index contributed by atoms with van der Waals surface area (Å²) in [5, 5.41) is 3.47. The third-order valence-corrected chi connectivity index (χ3v) is 5.44. The lowest BCUT2D eigenvalue weighted by atomic mass is 9.77. The van der Waals surface area contributed by atoms with Gasteiger partial charge in [-0.25, -0.2) is 9.18 Å². The van der Waals surface area contributed by atoms with Gasteiger partial charge in [-0.2, -0.15) is 0 Å². The Labute approximate surface area is 147 Å². The van der Waals surface area contributed by atoms with Crippen molar-refractivity contribution in [3.8, 4) is 5.75 Å². The van der Waals surface area contributed by atoms with Crippen molar-refractivity contribution >= 4 is 17.5 Å². The molecular formula is C16H16FN5O4. The van der Waals surface area contributed by atoms with Crippen LogP contribution in [0.1, 0.15) is 0 Å². The molecule has 1 aromatic carbocycles. The van der Waals surface area contributed by atoms with E-state index in [9.17, 15) is 9.18 Å². The Morgan fingerprint density at radius 2 is 2.15 bits per heavy atom. The minimum absolute atomic E-state index is 0.0145. The standard InChI is InChI=1S/C16H16FN5O4/c17-9-1-11-13(2-10(9)21-5-16(6-21)7-24-8-16)25-4-12-14(3-19-20-18)26-15(23)22(11)12/h1-2,12,14H,3-8H2/t12-,14-/m0/s1. The molecule has 4 heterocycles. The summed E-state index contributed by atoms with van der Waals surface area (Å²) >= 11 is 0. The van der Waals surface area contributed by atoms with E-state index >= 15 is 0 Å². The van der Waals surface area contributed by atoms with Gasteiger partial charge in [0.1, 0.15) is 30.3 Å². The average molecular weight is 361 g/mol. The number of rotatable bonds is 3. The monoisotopic (exact) mass is 361 g/mol. The van der Waals surface area contributed by atoms with Gasteiger partial charge >= 0.3 is 6.09 Å². The molecule has 2 atom stereocenters. The molecule has 4 aliphatic heterocycles. The molecule has 1 aromatic rings. The first-order chi connectivity index (χ1) is 12.6. The first-order valence-electron chi connectivity index (χ1n) is 8.40. The van der Waals surface area contributed by atoms with Crippen molar-refractivity contribution in [2.45, 2.75) is 12.1 Å². The van der Waals surface area contributed by atoms with E-state index in [1.807, 2.05) is 4.90 Å². The number of hydrogen-bond donors (Lipinski definition) is 0. The molecule has 0 bridgehead atoms. The van der Waals surface area contributed by atoms with E-state index in [0.717, 1.165) is 26.3 Å². The van der Waals surface area contributed by atoms with Crippen LogP contribution in [0.15, 0.2) is 17.2 Å². The number of carbonyl (C=O) groups is 1. The fraction of sp³-hybridized carbons (Fsp3) is 0.562. The van der Waals surface area contributed by atoms with Crippen molar-refractivity contribution in [3.63, 3.8) is 0 Å². The summed E-state index contributed by atoms with van der Waals surface area (Å²) in [5.74, 6) is 0.0410. The SMILES string of the molecule is [N-]=[N+]=NC[C@@H]1OC(=O)N2c3cc(F)c(N4CC5(COC5)C4)cc3OC[C@@H]12. The van der Waals surface area contributed by atoms with Crippen LogP contribution in [0.3, 0.4) is 0 Å². The summed E-state index contributed by atoms with van der Waals surface area (Å²) < 4.78 is 31.0. The minimum Gasteiger partial charge on any atom is -0.489 e. The minimum atomic E-state index is -0.608. The largest absolute Gasteiger partial charge is 0.489 e. The number of cyclic esters (lactones) is 1. The zero-order valence-electron chi connectivity index (χ0n) is 13.8. The van der Waals surface area contributed by atoms with Crippen LogP contribution < -0.4 is 14.5 Å². The topological polar surface area (TPSA) is 100 Å². The number of halogens is 1. The molecule has 0 aliphatic carbocycles. The Balaban J connectivity index is 1.42. The van der Waals surface area contributed by atoms with Crippen molar-refractivity contribution < 1.29 is 23.4 Å². The Morgan fingerprint density at radius 1 is 1.35 bits per heavy atom. The van der Waals surface area contributed by atoms with Gasteiger partial charge in [-0.3, -0.25) is 4.90 Å². The van der Waals surface area contributed by atoms with Gasteiger partial charge in [-0.1, -0.05) is 5.11 Å². The highest BCUT2D eigenvalue weighted by Crippen LogP contribution is 2.46. The second-order valence-corrected chi connectivity index (χ2v) is 7.20. The van der Waals surface area contributed by atoms with Crippen LogP contribution >= 0.6 is 0 Å². The maximum atomic E-state index is 14.7. The predicted octanol–water partition coefficient (Wildman–Crippen LogP) is 2.06. The number of amides is 1. The van der Waals surface area contributed by atoms with Gasteiger partial charge < -0.3 is 19.1 Å². The van der Waals surface area contributed by atoms with Crippen LogP contribution in [0.5, 0.6) is 5.75 Å². The molecule has 26 heavy (non-hydrogen) atoms. The maximum Gasteiger partial charge on any atom is 0.415 e. The number of hydrogen-bond acceptors (Lipinski definition) is 6. The molecule has 0 aromatic heterocycles. The zero-order valence-corrected chi connectivity index (χ0v) is 13.8. The third-order valence-electron chi connectivity index (χ3n) is 5.44. The van der Waals surface area contributed by atoms with Crippen LogP contribution in [0, 0.1) is 11.2 Å². The number of carbonyl (C=O) groups excluding carboxylic acids is 1. The van der Waals surface area contributed by atoms with Crippen molar-refractivity contribution in [1.29, 1.82) is 0 Å². The molecule has 3 saturated heterocycles. The van der Waals surface area contributed by atoms with E-state index in [1.165, 1.54) is 11.0 Å². The quantitative estimate of drug-likeness (QED) is 0.466. The summed E-state index contributed by atoms with van der Waals surface area (Å²) in [7, 11) is 0. The Hall–Kier alpha value is -2.71. The number of azide groups is 1. The molecular weight excluding hydrogens is 345 g/mol. The van der Waals surface area contributed by atoms with E-state index in [4.69, 9.17) is 19.7 Å². The van der Waals surface area contributed by atoms with E-state index < -0.39 is 24.1 Å². The number of benzene rings is 1. The van der Waals surface area contributed by atoms with Gasteiger partial charge in [0, 0.05) is 30.1 Å². The lowest BCUT2D eigenvalue weighted by Crippen LogP contribution is -2.66. The highest BCUT2D eigenvalue weighted by Gasteiger charge is 2.50. The molecule has 1 amide bonds. The number of fused-ring (bicyclic) bond motifs is 3. The van der Waals surface area contributed by atoms with Crippen molar-refractivity contribution in [2.75, 3.05) is 49.3 Å². The Kier molecular flexibility index (Phi) is 3.22. The first kappa shape index (κ1) is 15.5. The van der Waals surface area contributed by atoms with E-state index in [-0.39, 0.29) is 18.6 Å². The zero-order chi connectivity index (χ0) is 17.9. The average Bonchev–Trinajstić information content (AvgIpc) is 2.87. The van der Waals surface area contributed by atoms with Gasteiger partial charge in [0.05, 0.1) is 36.5 Å². The summed E-state index contributed by atoms with van der Waals surface area (Å²) in [4.78, 5) is 18.3. The normalized spacial score (nSPS) is 27.5. The Morgan fingerprint density at radius 3 is 2.85 bits per heavy atom. The molecule has 5 rings (SSSR count). The van der Waals surface area contributed by atoms with E-state index in [1.54, 1.807) is 6.07 Å². The van der Waals surface area contributed by atoms with Crippen molar-refractivity contribution in [3.05, 3.63) is 28.4 Å². The van der Waals surface area contributed by atoms with Crippen molar-refractivity contribution in [2.24, 2.45) is 10.5 Å². The highest BCUT2D eigenvalue weighted by molar-refractivity contribution is 5.94. The molecule has 4 aliphatic rings. The summed E-state index contributed by atoms with van der Waals surface area (Å²) in [6.07, 6.45) is -1.19. The summed E-state index contributed by atoms with van der Waals surface area (Å²) in [6.45, 7) is 3.17. The van der Waals surface area contributed by atoms with Crippen LogP contribution in [0.2, 0.25) is 0 Å². The summed E-state index contributed by atoms with van der Waals surface area (Å²) in [5.41, 5.74) is 9.45. The van der Waals surface area contributed by atoms with E-state index in [0.29, 0.717) is 17.1 Å². The second kappa shape index (κ2) is 5.39. The second-order valence-electron chi connectivity index (χ2n) is 7.20. The molecule has 1 spiro atoms. The number of anilines is 2. The molecule has 0 unspecified atom stereocenters. The van der Waals surface area contributed by atoms with Gasteiger partial charge in [0.25, 0.3) is 0 Å². The van der Waals surface area contributed by atoms with Gasteiger partial charge in [0.15, 0.2) is 0 Å². The lowest BCUT2D eigenvalue weighted by Gasteiger charge is -2.56. The van der Waals surface area contributed by atoms with E-state index in [2.05, 4.69) is 10.0 Å². The van der Waals surface area contributed by atoms with Gasteiger partial charge in [-0.15, -0.1) is 0 Å². The first-order valence-corrected chi connectivity index (χ1v) is 8.40. The number of nitrogens with zero attached hydrogens (tertiary/aromatic N) is 5. The smallest absolute Gasteiger partial charge is 0.415 e. The fourth-order valence-corrected chi connectivity index (χ4v) is 4.06. The van der Waals surface area contributed by atoms with Crippen molar-refractivity contribution in [1.82, 2.24) is 0 Å². The lowest BCUT2D eigenvalue weighted by molar-refractivity contribution is -0.127. The van der Waals surface area contributed by atoms with Crippen LogP contribution in [-0.2, 0) is 9.47 Å². The van der Waals surface area contributed by atoms with Crippen LogP contribution in [-0.4, -0.2) is 57.7 Å². The predicted molar refractivity (Wildman–Crippen MR) is 87.9 cm³/mol. The third kappa shape index (κ3) is 2.12. The molecule has 136 valence electrons. The molecule has 0 radical (unpaired) electrons. The molecule has 0 saturated carbocycles. The highest BCUT2D eigenvalue weighted by atomic mass is 19.1. The molecule has 0 N–H and O–H groups in total. The Bertz CT molecular complexity index is 830. The number of ether oxygens (including phenoxy) is 3. The fourth-order valence-electron chi connectivity index (χ4n) is 4.06. The van der Waals surface area contributed by atoms with Crippen LogP contribution in [0.25, 0.3) is 10.4 Å². The molecule has 3 fully saturated rings.